The zero-order chi connectivity index (χ0) is 12.7. The Morgan fingerprint density at radius 2 is 2.12 bits per heavy atom. The molecular formula is C14H29NOS. The third-order valence-corrected chi connectivity index (χ3v) is 4.46. The maximum atomic E-state index is 5.63. The topological polar surface area (TPSA) is 21.3 Å². The summed E-state index contributed by atoms with van der Waals surface area (Å²) in [4.78, 5) is 0. The maximum absolute atomic E-state index is 5.63. The van der Waals surface area contributed by atoms with E-state index in [-0.39, 0.29) is 0 Å². The van der Waals surface area contributed by atoms with Crippen LogP contribution in [0, 0.1) is 5.92 Å². The Kier molecular flexibility index (Phi) is 6.90. The van der Waals surface area contributed by atoms with E-state index < -0.39 is 0 Å². The second kappa shape index (κ2) is 7.65. The Morgan fingerprint density at radius 3 is 2.76 bits per heavy atom. The van der Waals surface area contributed by atoms with E-state index in [2.05, 4.69) is 44.8 Å². The summed E-state index contributed by atoms with van der Waals surface area (Å²) in [5, 5.41) is 3.68. The predicted octanol–water partition coefficient (Wildman–Crippen LogP) is 3.31. The first-order chi connectivity index (χ1) is 8.03. The third-order valence-electron chi connectivity index (χ3n) is 3.15. The Morgan fingerprint density at radius 1 is 1.35 bits per heavy atom. The van der Waals surface area contributed by atoms with Gasteiger partial charge in [0.1, 0.15) is 0 Å². The van der Waals surface area contributed by atoms with Gasteiger partial charge in [0.25, 0.3) is 0 Å². The molecule has 17 heavy (non-hydrogen) atoms. The molecule has 1 fully saturated rings. The van der Waals surface area contributed by atoms with Crippen LogP contribution in [0.4, 0.5) is 0 Å². The second-order valence-corrected chi connectivity index (χ2v) is 7.86. The van der Waals surface area contributed by atoms with Crippen molar-refractivity contribution in [1.29, 1.82) is 0 Å². The maximum Gasteiger partial charge on any atom is 0.0509 e. The number of hydrogen-bond donors (Lipinski definition) is 1. The summed E-state index contributed by atoms with van der Waals surface area (Å²) < 4.78 is 6.02. The standard InChI is InChI=1S/C14H29NOS/c1-5-8-15-13-6-9-16-11-12(13)7-10-17-14(2,3)4/h12-13,15H,5-11H2,1-4H3. The highest BCUT2D eigenvalue weighted by molar-refractivity contribution is 8.00. The van der Waals surface area contributed by atoms with Crippen molar-refractivity contribution in [3.63, 3.8) is 0 Å². The van der Waals surface area contributed by atoms with E-state index in [1.807, 2.05) is 0 Å². The lowest BCUT2D eigenvalue weighted by atomic mass is 9.93. The van der Waals surface area contributed by atoms with Crippen LogP contribution in [0.1, 0.15) is 47.0 Å². The molecule has 0 aromatic heterocycles. The van der Waals surface area contributed by atoms with Crippen LogP contribution in [0.3, 0.4) is 0 Å². The summed E-state index contributed by atoms with van der Waals surface area (Å²) in [6.45, 7) is 12.1. The summed E-state index contributed by atoms with van der Waals surface area (Å²) >= 11 is 2.07. The molecule has 2 nitrogen and oxygen atoms in total. The van der Waals surface area contributed by atoms with Gasteiger partial charge < -0.3 is 10.1 Å². The van der Waals surface area contributed by atoms with Crippen LogP contribution in [0.15, 0.2) is 0 Å². The van der Waals surface area contributed by atoms with Gasteiger partial charge in [-0.25, -0.2) is 0 Å². The lowest BCUT2D eigenvalue weighted by molar-refractivity contribution is 0.0311. The van der Waals surface area contributed by atoms with Gasteiger partial charge in [0, 0.05) is 17.4 Å². The zero-order valence-corrected chi connectivity index (χ0v) is 12.7. The average molecular weight is 259 g/mol. The molecule has 0 bridgehead atoms. The Labute approximate surface area is 111 Å². The fourth-order valence-corrected chi connectivity index (χ4v) is 3.23. The molecule has 1 N–H and O–H groups in total. The molecule has 1 heterocycles. The quantitative estimate of drug-likeness (QED) is 0.791. The van der Waals surface area contributed by atoms with Crippen molar-refractivity contribution in [2.24, 2.45) is 5.92 Å². The first-order valence-electron chi connectivity index (χ1n) is 6.98. The molecule has 0 aromatic rings. The molecule has 1 aliphatic heterocycles. The van der Waals surface area contributed by atoms with E-state index in [4.69, 9.17) is 4.74 Å². The van der Waals surface area contributed by atoms with E-state index in [9.17, 15) is 0 Å². The average Bonchev–Trinajstić information content (AvgIpc) is 2.26. The van der Waals surface area contributed by atoms with Gasteiger partial charge in [-0.15, -0.1) is 0 Å². The van der Waals surface area contributed by atoms with Crippen LogP contribution < -0.4 is 5.32 Å². The predicted molar refractivity (Wildman–Crippen MR) is 77.8 cm³/mol. The molecule has 2 atom stereocenters. The minimum absolute atomic E-state index is 0.391. The molecule has 3 heteroatoms. The van der Waals surface area contributed by atoms with Crippen molar-refractivity contribution in [3.8, 4) is 0 Å². The summed E-state index contributed by atoms with van der Waals surface area (Å²) in [6.07, 6.45) is 3.69. The third kappa shape index (κ3) is 6.68. The van der Waals surface area contributed by atoms with Gasteiger partial charge in [-0.05, 0) is 37.5 Å². The Balaban J connectivity index is 2.27. The summed E-state index contributed by atoms with van der Waals surface area (Å²) in [7, 11) is 0. The summed E-state index contributed by atoms with van der Waals surface area (Å²) in [5.41, 5.74) is 0. The minimum atomic E-state index is 0.391. The lowest BCUT2D eigenvalue weighted by Crippen LogP contribution is -2.43. The highest BCUT2D eigenvalue weighted by Crippen LogP contribution is 2.27. The van der Waals surface area contributed by atoms with E-state index in [0.717, 1.165) is 19.8 Å². The highest BCUT2D eigenvalue weighted by Gasteiger charge is 2.25. The molecule has 102 valence electrons. The first kappa shape index (κ1) is 15.3. The van der Waals surface area contributed by atoms with Crippen molar-refractivity contribution < 1.29 is 4.74 Å². The fraction of sp³-hybridized carbons (Fsp3) is 1.00. The van der Waals surface area contributed by atoms with E-state index in [1.54, 1.807) is 0 Å². The monoisotopic (exact) mass is 259 g/mol. The zero-order valence-electron chi connectivity index (χ0n) is 11.9. The summed E-state index contributed by atoms with van der Waals surface area (Å²) in [5.74, 6) is 1.96. The molecule has 0 amide bonds. The van der Waals surface area contributed by atoms with Gasteiger partial charge in [-0.2, -0.15) is 11.8 Å². The number of hydrogen-bond acceptors (Lipinski definition) is 3. The molecule has 0 radical (unpaired) electrons. The molecule has 0 saturated carbocycles. The van der Waals surface area contributed by atoms with Crippen LogP contribution in [-0.4, -0.2) is 36.3 Å². The van der Waals surface area contributed by atoms with E-state index >= 15 is 0 Å². The summed E-state index contributed by atoms with van der Waals surface area (Å²) in [6, 6.07) is 0.685. The smallest absolute Gasteiger partial charge is 0.0509 e. The number of ether oxygens (including phenoxy) is 1. The van der Waals surface area contributed by atoms with Crippen molar-refractivity contribution in [1.82, 2.24) is 5.32 Å². The van der Waals surface area contributed by atoms with Gasteiger partial charge in [0.05, 0.1) is 6.61 Å². The van der Waals surface area contributed by atoms with Crippen molar-refractivity contribution >= 4 is 11.8 Å². The van der Waals surface area contributed by atoms with Crippen molar-refractivity contribution in [2.75, 3.05) is 25.5 Å². The molecular weight excluding hydrogens is 230 g/mol. The first-order valence-corrected chi connectivity index (χ1v) is 7.96. The molecule has 1 saturated heterocycles. The SMILES string of the molecule is CCCNC1CCOCC1CCSC(C)(C)C. The van der Waals surface area contributed by atoms with Crippen LogP contribution in [0.5, 0.6) is 0 Å². The number of thioether (sulfide) groups is 1. The molecule has 0 aliphatic carbocycles. The van der Waals surface area contributed by atoms with Crippen LogP contribution >= 0.6 is 11.8 Å². The number of nitrogens with one attached hydrogen (secondary N) is 1. The van der Waals surface area contributed by atoms with Gasteiger partial charge >= 0.3 is 0 Å². The molecule has 0 aromatic carbocycles. The highest BCUT2D eigenvalue weighted by atomic mass is 32.2. The molecule has 2 unspecified atom stereocenters. The molecule has 1 rings (SSSR count). The minimum Gasteiger partial charge on any atom is -0.381 e. The Hall–Kier alpha value is 0.270. The van der Waals surface area contributed by atoms with Crippen LogP contribution in [0.2, 0.25) is 0 Å². The van der Waals surface area contributed by atoms with E-state index in [1.165, 1.54) is 25.0 Å². The van der Waals surface area contributed by atoms with Crippen LogP contribution in [-0.2, 0) is 4.74 Å². The second-order valence-electron chi connectivity index (χ2n) is 5.93. The molecule has 1 aliphatic rings. The molecule has 0 spiro atoms. The normalized spacial score (nSPS) is 26.1. The van der Waals surface area contributed by atoms with Gasteiger partial charge in [0.2, 0.25) is 0 Å². The van der Waals surface area contributed by atoms with E-state index in [0.29, 0.717) is 16.7 Å². The van der Waals surface area contributed by atoms with Gasteiger partial charge in [-0.1, -0.05) is 27.7 Å². The Bertz CT molecular complexity index is 203. The van der Waals surface area contributed by atoms with Gasteiger partial charge in [-0.3, -0.25) is 0 Å². The fourth-order valence-electron chi connectivity index (χ4n) is 2.20. The largest absolute Gasteiger partial charge is 0.381 e. The number of rotatable bonds is 6. The van der Waals surface area contributed by atoms with Crippen LogP contribution in [0.25, 0.3) is 0 Å². The van der Waals surface area contributed by atoms with Crippen molar-refractivity contribution in [3.05, 3.63) is 0 Å². The van der Waals surface area contributed by atoms with Gasteiger partial charge in [0.15, 0.2) is 0 Å². The van der Waals surface area contributed by atoms with Crippen molar-refractivity contribution in [2.45, 2.75) is 57.7 Å². The lowest BCUT2D eigenvalue weighted by Gasteiger charge is -2.33.